The fourth-order valence-electron chi connectivity index (χ4n) is 3.29. The van der Waals surface area contributed by atoms with Crippen LogP contribution in [0.3, 0.4) is 0 Å². The number of carbonyl (C=O) groups is 1. The summed E-state index contributed by atoms with van der Waals surface area (Å²) in [5.41, 5.74) is 0. The van der Waals surface area contributed by atoms with E-state index in [9.17, 15) is 4.79 Å². The van der Waals surface area contributed by atoms with Gasteiger partial charge in [0.2, 0.25) is 5.91 Å². The van der Waals surface area contributed by atoms with E-state index in [1.165, 1.54) is 44.9 Å². The number of carbonyl (C=O) groups excluding carboxylic acids is 1. The Hall–Kier alpha value is -0.280. The largest absolute Gasteiger partial charge is 0.354 e. The monoisotopic (exact) mass is 288 g/mol. The molecule has 112 valence electrons. The molecule has 0 aromatic carbocycles. The summed E-state index contributed by atoms with van der Waals surface area (Å²) in [5.74, 6) is 1.89. The quantitative estimate of drug-likeness (QED) is 0.835. The molecule has 0 aromatic rings. The van der Waals surface area contributed by atoms with Crippen LogP contribution in [0.15, 0.2) is 0 Å². The predicted octanol–water partition coefficient (Wildman–Crippen LogP) is 2.88. The van der Waals surface area contributed by atoms with Gasteiger partial charge in [0.25, 0.3) is 0 Å². The minimum Gasteiger partial charge on any atom is -0.354 e. The SMILES string of the molecule is CCC1CCC(CNC(=O)C2CCCCN2)CC1.Cl. The summed E-state index contributed by atoms with van der Waals surface area (Å²) in [7, 11) is 0. The molecule has 0 spiro atoms. The molecular formula is C15H29ClN2O. The Bertz CT molecular complexity index is 259. The molecule has 3 nitrogen and oxygen atoms in total. The van der Waals surface area contributed by atoms with Crippen molar-refractivity contribution in [1.82, 2.24) is 10.6 Å². The Morgan fingerprint density at radius 1 is 1.11 bits per heavy atom. The van der Waals surface area contributed by atoms with Gasteiger partial charge in [0, 0.05) is 6.54 Å². The number of piperidine rings is 1. The van der Waals surface area contributed by atoms with Crippen LogP contribution in [-0.2, 0) is 4.79 Å². The Kier molecular flexibility index (Phi) is 7.77. The van der Waals surface area contributed by atoms with E-state index in [1.54, 1.807) is 0 Å². The van der Waals surface area contributed by atoms with Crippen LogP contribution in [0, 0.1) is 11.8 Å². The van der Waals surface area contributed by atoms with Crippen molar-refractivity contribution < 1.29 is 4.79 Å². The van der Waals surface area contributed by atoms with Crippen molar-refractivity contribution >= 4 is 18.3 Å². The highest BCUT2D eigenvalue weighted by Crippen LogP contribution is 2.30. The lowest BCUT2D eigenvalue weighted by atomic mass is 9.81. The maximum Gasteiger partial charge on any atom is 0.237 e. The zero-order valence-electron chi connectivity index (χ0n) is 12.1. The molecular weight excluding hydrogens is 260 g/mol. The van der Waals surface area contributed by atoms with Crippen LogP contribution in [0.1, 0.15) is 58.3 Å². The minimum atomic E-state index is 0. The number of hydrogen-bond acceptors (Lipinski definition) is 2. The maximum atomic E-state index is 12.0. The highest BCUT2D eigenvalue weighted by Gasteiger charge is 2.23. The summed E-state index contributed by atoms with van der Waals surface area (Å²) in [5, 5.41) is 6.46. The van der Waals surface area contributed by atoms with E-state index >= 15 is 0 Å². The number of nitrogens with one attached hydrogen (secondary N) is 2. The molecule has 0 aromatic heterocycles. The van der Waals surface area contributed by atoms with Crippen LogP contribution in [0.5, 0.6) is 0 Å². The van der Waals surface area contributed by atoms with E-state index in [-0.39, 0.29) is 24.4 Å². The molecule has 1 saturated heterocycles. The Balaban J connectivity index is 0.00000180. The second-order valence-electron chi connectivity index (χ2n) is 6.04. The van der Waals surface area contributed by atoms with E-state index in [0.717, 1.165) is 31.3 Å². The molecule has 1 unspecified atom stereocenters. The van der Waals surface area contributed by atoms with Crippen molar-refractivity contribution in [3.05, 3.63) is 0 Å². The second-order valence-corrected chi connectivity index (χ2v) is 6.04. The Labute approximate surface area is 123 Å². The standard InChI is InChI=1S/C15H28N2O.ClH/c1-2-12-6-8-13(9-7-12)11-17-15(18)14-5-3-4-10-16-14;/h12-14,16H,2-11H2,1H3,(H,17,18);1H. The van der Waals surface area contributed by atoms with E-state index < -0.39 is 0 Å². The molecule has 2 N–H and O–H groups in total. The molecule has 1 aliphatic heterocycles. The van der Waals surface area contributed by atoms with Gasteiger partial charge in [0.15, 0.2) is 0 Å². The number of amides is 1. The fourth-order valence-corrected chi connectivity index (χ4v) is 3.29. The van der Waals surface area contributed by atoms with E-state index in [2.05, 4.69) is 17.6 Å². The van der Waals surface area contributed by atoms with Gasteiger partial charge < -0.3 is 10.6 Å². The molecule has 1 atom stereocenters. The molecule has 1 aliphatic carbocycles. The van der Waals surface area contributed by atoms with Gasteiger partial charge in [0.05, 0.1) is 6.04 Å². The van der Waals surface area contributed by atoms with Gasteiger partial charge in [-0.05, 0) is 44.1 Å². The molecule has 2 fully saturated rings. The summed E-state index contributed by atoms with van der Waals surface area (Å²) in [6, 6.07) is 0.0748. The van der Waals surface area contributed by atoms with Crippen molar-refractivity contribution in [2.24, 2.45) is 11.8 Å². The van der Waals surface area contributed by atoms with Gasteiger partial charge in [-0.3, -0.25) is 4.79 Å². The van der Waals surface area contributed by atoms with Crippen LogP contribution in [0.25, 0.3) is 0 Å². The topological polar surface area (TPSA) is 41.1 Å². The van der Waals surface area contributed by atoms with Crippen LogP contribution in [0.4, 0.5) is 0 Å². The normalized spacial score (nSPS) is 31.3. The first kappa shape index (κ1) is 16.8. The van der Waals surface area contributed by atoms with Crippen LogP contribution in [-0.4, -0.2) is 25.0 Å². The third-order valence-electron chi connectivity index (χ3n) is 4.74. The van der Waals surface area contributed by atoms with Crippen molar-refractivity contribution in [2.75, 3.05) is 13.1 Å². The summed E-state index contributed by atoms with van der Waals surface area (Å²) in [6.07, 6.45) is 10.1. The van der Waals surface area contributed by atoms with Gasteiger partial charge in [-0.25, -0.2) is 0 Å². The lowest BCUT2D eigenvalue weighted by molar-refractivity contribution is -0.123. The first-order chi connectivity index (χ1) is 8.79. The lowest BCUT2D eigenvalue weighted by Crippen LogP contribution is -2.47. The summed E-state index contributed by atoms with van der Waals surface area (Å²) in [6.45, 7) is 4.19. The first-order valence-electron chi connectivity index (χ1n) is 7.80. The summed E-state index contributed by atoms with van der Waals surface area (Å²) >= 11 is 0. The zero-order chi connectivity index (χ0) is 12.8. The molecule has 4 heteroatoms. The highest BCUT2D eigenvalue weighted by atomic mass is 35.5. The van der Waals surface area contributed by atoms with E-state index in [1.807, 2.05) is 0 Å². The number of hydrogen-bond donors (Lipinski definition) is 2. The molecule has 0 bridgehead atoms. The third kappa shape index (κ3) is 5.31. The molecule has 19 heavy (non-hydrogen) atoms. The molecule has 1 saturated carbocycles. The minimum absolute atomic E-state index is 0. The zero-order valence-corrected chi connectivity index (χ0v) is 12.9. The predicted molar refractivity (Wildman–Crippen MR) is 81.6 cm³/mol. The highest BCUT2D eigenvalue weighted by molar-refractivity contribution is 5.85. The summed E-state index contributed by atoms with van der Waals surface area (Å²) in [4.78, 5) is 12.0. The summed E-state index contributed by atoms with van der Waals surface area (Å²) < 4.78 is 0. The molecule has 1 amide bonds. The van der Waals surface area contributed by atoms with E-state index in [4.69, 9.17) is 0 Å². The Morgan fingerprint density at radius 3 is 2.37 bits per heavy atom. The fraction of sp³-hybridized carbons (Fsp3) is 0.933. The van der Waals surface area contributed by atoms with Gasteiger partial charge in [-0.2, -0.15) is 0 Å². The van der Waals surface area contributed by atoms with Gasteiger partial charge >= 0.3 is 0 Å². The average molecular weight is 289 g/mol. The second kappa shape index (κ2) is 8.80. The van der Waals surface area contributed by atoms with Gasteiger partial charge in [-0.15, -0.1) is 12.4 Å². The van der Waals surface area contributed by atoms with Crippen LogP contribution < -0.4 is 10.6 Å². The van der Waals surface area contributed by atoms with Gasteiger partial charge in [-0.1, -0.05) is 32.6 Å². The average Bonchev–Trinajstić information content (AvgIpc) is 2.46. The van der Waals surface area contributed by atoms with Crippen molar-refractivity contribution in [3.63, 3.8) is 0 Å². The molecule has 1 heterocycles. The number of halogens is 1. The maximum absolute atomic E-state index is 12.0. The lowest BCUT2D eigenvalue weighted by Gasteiger charge is -2.29. The molecule has 0 radical (unpaired) electrons. The third-order valence-corrected chi connectivity index (χ3v) is 4.74. The van der Waals surface area contributed by atoms with Crippen molar-refractivity contribution in [3.8, 4) is 0 Å². The first-order valence-corrected chi connectivity index (χ1v) is 7.80. The van der Waals surface area contributed by atoms with Crippen LogP contribution >= 0.6 is 12.4 Å². The smallest absolute Gasteiger partial charge is 0.237 e. The Morgan fingerprint density at radius 2 is 1.79 bits per heavy atom. The van der Waals surface area contributed by atoms with Gasteiger partial charge in [0.1, 0.15) is 0 Å². The van der Waals surface area contributed by atoms with Crippen LogP contribution in [0.2, 0.25) is 0 Å². The van der Waals surface area contributed by atoms with E-state index in [0.29, 0.717) is 0 Å². The molecule has 2 rings (SSSR count). The van der Waals surface area contributed by atoms with Crippen molar-refractivity contribution in [1.29, 1.82) is 0 Å². The molecule has 2 aliphatic rings. The van der Waals surface area contributed by atoms with Crippen molar-refractivity contribution in [2.45, 2.75) is 64.3 Å². The number of rotatable bonds is 4.